The van der Waals surface area contributed by atoms with E-state index in [2.05, 4.69) is 20.6 Å². The maximum absolute atomic E-state index is 12.7. The van der Waals surface area contributed by atoms with Crippen molar-refractivity contribution in [3.63, 3.8) is 0 Å². The largest absolute Gasteiger partial charge is 0.443 e. The van der Waals surface area contributed by atoms with E-state index in [-0.39, 0.29) is 17.1 Å². The minimum atomic E-state index is -0.259. The molecule has 1 saturated heterocycles. The lowest BCUT2D eigenvalue weighted by atomic mass is 10.2. The molecule has 0 unspecified atom stereocenters. The number of anilines is 1. The quantitative estimate of drug-likeness (QED) is 0.634. The van der Waals surface area contributed by atoms with E-state index in [9.17, 15) is 9.59 Å². The van der Waals surface area contributed by atoms with Gasteiger partial charge in [0.2, 0.25) is 11.6 Å². The number of fused-ring (bicyclic) bond motifs is 1. The molecule has 1 aliphatic rings. The van der Waals surface area contributed by atoms with E-state index in [1.165, 1.54) is 11.8 Å². The van der Waals surface area contributed by atoms with Gasteiger partial charge in [0.25, 0.3) is 5.91 Å². The number of nitrogens with one attached hydrogen (secondary N) is 2. The molecule has 4 rings (SSSR count). The zero-order valence-electron chi connectivity index (χ0n) is 16.3. The van der Waals surface area contributed by atoms with Crippen LogP contribution in [0.5, 0.6) is 0 Å². The summed E-state index contributed by atoms with van der Waals surface area (Å²) in [6.45, 7) is 4.46. The number of benzene rings is 1. The Bertz CT molecular complexity index is 1060. The van der Waals surface area contributed by atoms with Crippen LogP contribution in [0.2, 0.25) is 0 Å². The molecule has 2 aromatic heterocycles. The molecule has 150 valence electrons. The molecule has 1 fully saturated rings. The second kappa shape index (κ2) is 8.24. The third kappa shape index (κ3) is 4.12. The summed E-state index contributed by atoms with van der Waals surface area (Å²) < 4.78 is 5.79. The molecule has 3 heterocycles. The molecule has 0 saturated carbocycles. The lowest BCUT2D eigenvalue weighted by Crippen LogP contribution is -2.30. The zero-order chi connectivity index (χ0) is 20.4. The summed E-state index contributed by atoms with van der Waals surface area (Å²) >= 11 is 1.31. The molecule has 7 nitrogen and oxygen atoms in total. The Balaban J connectivity index is 1.69. The second-order valence-electron chi connectivity index (χ2n) is 7.03. The number of thioether (sulfide) groups is 1. The first kappa shape index (κ1) is 19.4. The highest BCUT2D eigenvalue weighted by atomic mass is 32.2. The SMILES string of the molecule is Cc1oc2nc(S[C@@H]3CCCCNC3=O)nc(NC(=O)c3ccccc3)c2c1C. The van der Waals surface area contributed by atoms with Crippen LogP contribution >= 0.6 is 11.8 Å². The highest BCUT2D eigenvalue weighted by Crippen LogP contribution is 2.33. The van der Waals surface area contributed by atoms with Crippen molar-refractivity contribution >= 4 is 40.5 Å². The van der Waals surface area contributed by atoms with Crippen molar-refractivity contribution in [1.29, 1.82) is 0 Å². The first-order valence-corrected chi connectivity index (χ1v) is 10.5. The molecule has 0 radical (unpaired) electrons. The van der Waals surface area contributed by atoms with E-state index >= 15 is 0 Å². The summed E-state index contributed by atoms with van der Waals surface area (Å²) in [5.41, 5.74) is 1.83. The van der Waals surface area contributed by atoms with Crippen LogP contribution in [0.15, 0.2) is 39.9 Å². The number of carbonyl (C=O) groups excluding carboxylic acids is 2. The number of aromatic nitrogens is 2. The van der Waals surface area contributed by atoms with Crippen LogP contribution in [-0.4, -0.2) is 33.6 Å². The van der Waals surface area contributed by atoms with Crippen LogP contribution in [0, 0.1) is 13.8 Å². The molecule has 0 bridgehead atoms. The van der Waals surface area contributed by atoms with Crippen LogP contribution in [0.4, 0.5) is 5.82 Å². The molecule has 1 aliphatic heterocycles. The molecule has 0 aliphatic carbocycles. The summed E-state index contributed by atoms with van der Waals surface area (Å²) in [6, 6.07) is 8.96. The van der Waals surface area contributed by atoms with Crippen molar-refractivity contribution in [1.82, 2.24) is 15.3 Å². The molecular formula is C21H22N4O3S. The number of hydrogen-bond donors (Lipinski definition) is 2. The van der Waals surface area contributed by atoms with E-state index in [1.807, 2.05) is 32.0 Å². The van der Waals surface area contributed by atoms with E-state index in [0.717, 1.165) is 30.6 Å². The van der Waals surface area contributed by atoms with Crippen molar-refractivity contribution < 1.29 is 14.0 Å². The molecule has 2 amide bonds. The lowest BCUT2D eigenvalue weighted by Gasteiger charge is -2.13. The number of furan rings is 1. The Morgan fingerprint density at radius 2 is 2.00 bits per heavy atom. The van der Waals surface area contributed by atoms with Crippen molar-refractivity contribution in [2.45, 2.75) is 43.5 Å². The number of hydrogen-bond acceptors (Lipinski definition) is 6. The Kier molecular flexibility index (Phi) is 5.53. The standard InChI is InChI=1S/C21H22N4O3S/c1-12-13(2)28-20-16(12)17(23-18(26)14-8-4-3-5-9-14)24-21(25-20)29-15-10-6-7-11-22-19(15)27/h3-5,8-9,15H,6-7,10-11H2,1-2H3,(H,22,27)(H,23,24,25,26)/t15-/m1/s1. The van der Waals surface area contributed by atoms with E-state index in [1.54, 1.807) is 12.1 Å². The van der Waals surface area contributed by atoms with Gasteiger partial charge in [0.15, 0.2) is 5.16 Å². The molecule has 1 aromatic carbocycles. The summed E-state index contributed by atoms with van der Waals surface area (Å²) in [7, 11) is 0. The van der Waals surface area contributed by atoms with Crippen LogP contribution < -0.4 is 10.6 Å². The molecular weight excluding hydrogens is 388 g/mol. The minimum Gasteiger partial charge on any atom is -0.443 e. The van der Waals surface area contributed by atoms with Crippen LogP contribution in [0.25, 0.3) is 11.1 Å². The molecule has 3 aromatic rings. The zero-order valence-corrected chi connectivity index (χ0v) is 17.1. The number of rotatable bonds is 4. The third-order valence-corrected chi connectivity index (χ3v) is 6.14. The highest BCUT2D eigenvalue weighted by molar-refractivity contribution is 8.00. The van der Waals surface area contributed by atoms with Gasteiger partial charge in [0.1, 0.15) is 11.6 Å². The maximum atomic E-state index is 12.7. The number of nitrogens with zero attached hydrogens (tertiary/aromatic N) is 2. The average molecular weight is 410 g/mol. The van der Waals surface area contributed by atoms with Gasteiger partial charge in [0, 0.05) is 17.7 Å². The molecule has 8 heteroatoms. The first-order chi connectivity index (χ1) is 14.0. The average Bonchev–Trinajstić information content (AvgIpc) is 2.86. The number of aryl methyl sites for hydroxylation is 2. The predicted octanol–water partition coefficient (Wildman–Crippen LogP) is 3.85. The van der Waals surface area contributed by atoms with Gasteiger partial charge in [0.05, 0.1) is 10.6 Å². The van der Waals surface area contributed by atoms with Gasteiger partial charge in [-0.1, -0.05) is 36.4 Å². The Labute approximate surface area is 172 Å². The minimum absolute atomic E-state index is 0.00197. The maximum Gasteiger partial charge on any atom is 0.256 e. The first-order valence-electron chi connectivity index (χ1n) is 9.61. The summed E-state index contributed by atoms with van der Waals surface area (Å²) in [6.07, 6.45) is 2.70. The highest BCUT2D eigenvalue weighted by Gasteiger charge is 2.25. The summed E-state index contributed by atoms with van der Waals surface area (Å²) in [5.74, 6) is 0.860. The fourth-order valence-electron chi connectivity index (χ4n) is 3.29. The normalized spacial score (nSPS) is 17.0. The van der Waals surface area contributed by atoms with Crippen molar-refractivity contribution in [3.05, 3.63) is 47.2 Å². The van der Waals surface area contributed by atoms with Gasteiger partial charge in [-0.3, -0.25) is 9.59 Å². The number of carbonyl (C=O) groups is 2. The van der Waals surface area contributed by atoms with E-state index in [4.69, 9.17) is 4.42 Å². The molecule has 0 spiro atoms. The fraction of sp³-hybridized carbons (Fsp3) is 0.333. The lowest BCUT2D eigenvalue weighted by molar-refractivity contribution is -0.120. The summed E-state index contributed by atoms with van der Waals surface area (Å²) in [5, 5.41) is 6.65. The molecule has 2 N–H and O–H groups in total. The van der Waals surface area contributed by atoms with E-state index < -0.39 is 0 Å². The fourth-order valence-corrected chi connectivity index (χ4v) is 4.30. The van der Waals surface area contributed by atoms with Crippen molar-refractivity contribution in [3.8, 4) is 0 Å². The van der Waals surface area contributed by atoms with Gasteiger partial charge in [-0.15, -0.1) is 0 Å². The van der Waals surface area contributed by atoms with Gasteiger partial charge in [-0.05, 0) is 38.8 Å². The van der Waals surface area contributed by atoms with Gasteiger partial charge < -0.3 is 15.1 Å². The Hall–Kier alpha value is -2.87. The smallest absolute Gasteiger partial charge is 0.256 e. The van der Waals surface area contributed by atoms with Crippen LogP contribution in [0.1, 0.15) is 40.9 Å². The second-order valence-corrected chi connectivity index (χ2v) is 8.20. The molecule has 1 atom stereocenters. The van der Waals surface area contributed by atoms with Crippen molar-refractivity contribution in [2.75, 3.05) is 11.9 Å². The molecule has 29 heavy (non-hydrogen) atoms. The van der Waals surface area contributed by atoms with E-state index in [0.29, 0.717) is 34.2 Å². The van der Waals surface area contributed by atoms with Gasteiger partial charge in [-0.25, -0.2) is 4.98 Å². The van der Waals surface area contributed by atoms with Crippen LogP contribution in [0.3, 0.4) is 0 Å². The van der Waals surface area contributed by atoms with Crippen LogP contribution in [-0.2, 0) is 4.79 Å². The summed E-state index contributed by atoms with van der Waals surface area (Å²) in [4.78, 5) is 34.1. The van der Waals surface area contributed by atoms with Gasteiger partial charge in [-0.2, -0.15) is 4.98 Å². The third-order valence-electron chi connectivity index (χ3n) is 5.01. The predicted molar refractivity (Wildman–Crippen MR) is 112 cm³/mol. The Morgan fingerprint density at radius 3 is 2.79 bits per heavy atom. The monoisotopic (exact) mass is 410 g/mol. The topological polar surface area (TPSA) is 97.1 Å². The number of amides is 2. The van der Waals surface area contributed by atoms with Gasteiger partial charge >= 0.3 is 0 Å². The van der Waals surface area contributed by atoms with Crippen molar-refractivity contribution in [2.24, 2.45) is 0 Å². The Morgan fingerprint density at radius 1 is 1.21 bits per heavy atom.